The van der Waals surface area contributed by atoms with Gasteiger partial charge in [-0.1, -0.05) is 56.0 Å². The molecule has 1 aliphatic carbocycles. The molecule has 1 N–H and O–H groups in total. The maximum absolute atomic E-state index is 13.2. The van der Waals surface area contributed by atoms with Crippen LogP contribution in [0.3, 0.4) is 0 Å². The lowest BCUT2D eigenvalue weighted by molar-refractivity contribution is -0.143. The highest BCUT2D eigenvalue weighted by Crippen LogP contribution is 2.22. The summed E-state index contributed by atoms with van der Waals surface area (Å²) in [5.74, 6) is -0.479. The van der Waals surface area contributed by atoms with Gasteiger partial charge in [-0.3, -0.25) is 9.59 Å². The molecule has 172 valence electrons. The summed E-state index contributed by atoms with van der Waals surface area (Å²) in [6.45, 7) is 1.82. The third-order valence-corrected chi connectivity index (χ3v) is 6.18. The van der Waals surface area contributed by atoms with E-state index in [1.807, 2.05) is 25.1 Å². The van der Waals surface area contributed by atoms with Crippen LogP contribution in [-0.2, 0) is 16.1 Å². The number of nitrogens with one attached hydrogen (secondary N) is 1. The van der Waals surface area contributed by atoms with Crippen LogP contribution in [0.4, 0.5) is 4.39 Å². The molecule has 5 nitrogen and oxygen atoms in total. The normalized spacial score (nSPS) is 15.1. The monoisotopic (exact) mass is 460 g/mol. The highest BCUT2D eigenvalue weighted by atomic mass is 35.5. The summed E-state index contributed by atoms with van der Waals surface area (Å²) in [4.78, 5) is 27.9. The Kier molecular flexibility index (Phi) is 8.91. The summed E-state index contributed by atoms with van der Waals surface area (Å²) in [5.41, 5.74) is 0.758. The molecule has 1 atom stereocenters. The zero-order valence-electron chi connectivity index (χ0n) is 18.4. The number of amides is 2. The molecule has 0 aromatic heterocycles. The zero-order valence-corrected chi connectivity index (χ0v) is 19.1. The first kappa shape index (κ1) is 24.1. The summed E-state index contributed by atoms with van der Waals surface area (Å²) in [6.07, 6.45) is 5.81. The number of benzene rings is 2. The van der Waals surface area contributed by atoms with Gasteiger partial charge in [0.05, 0.1) is 0 Å². The van der Waals surface area contributed by atoms with Crippen molar-refractivity contribution in [2.45, 2.75) is 64.1 Å². The van der Waals surface area contributed by atoms with Gasteiger partial charge in [0.1, 0.15) is 17.6 Å². The molecule has 0 unspecified atom stereocenters. The van der Waals surface area contributed by atoms with Crippen LogP contribution in [0.2, 0.25) is 5.02 Å². The first-order valence-corrected chi connectivity index (χ1v) is 11.6. The van der Waals surface area contributed by atoms with E-state index < -0.39 is 6.04 Å². The van der Waals surface area contributed by atoms with E-state index >= 15 is 0 Å². The maximum Gasteiger partial charge on any atom is 0.261 e. The number of ether oxygens (including phenoxy) is 1. The van der Waals surface area contributed by atoms with Gasteiger partial charge in [0, 0.05) is 17.6 Å². The number of halogens is 2. The van der Waals surface area contributed by atoms with E-state index in [9.17, 15) is 14.0 Å². The van der Waals surface area contributed by atoms with Gasteiger partial charge in [0.25, 0.3) is 5.91 Å². The number of hydrogen-bond donors (Lipinski definition) is 1. The van der Waals surface area contributed by atoms with Gasteiger partial charge in [-0.25, -0.2) is 4.39 Å². The average molecular weight is 461 g/mol. The molecule has 0 aliphatic heterocycles. The Bertz CT molecular complexity index is 900. The summed E-state index contributed by atoms with van der Waals surface area (Å²) in [7, 11) is 0. The first-order chi connectivity index (χ1) is 15.5. The van der Waals surface area contributed by atoms with Crippen molar-refractivity contribution in [3.8, 4) is 5.75 Å². The number of carbonyl (C=O) groups excluding carboxylic acids is 2. The third kappa shape index (κ3) is 6.70. The molecule has 1 fully saturated rings. The summed E-state index contributed by atoms with van der Waals surface area (Å²) in [5, 5.41) is 3.67. The van der Waals surface area contributed by atoms with Gasteiger partial charge in [-0.15, -0.1) is 0 Å². The number of carbonyl (C=O) groups is 2. The van der Waals surface area contributed by atoms with Crippen LogP contribution < -0.4 is 10.1 Å². The molecule has 2 amide bonds. The molecule has 7 heteroatoms. The molecule has 0 heterocycles. The number of nitrogens with zero attached hydrogens (tertiary/aromatic N) is 1. The van der Waals surface area contributed by atoms with Crippen LogP contribution >= 0.6 is 11.6 Å². The molecule has 0 bridgehead atoms. The second kappa shape index (κ2) is 11.9. The molecule has 2 aromatic carbocycles. The van der Waals surface area contributed by atoms with Crippen LogP contribution in [0.5, 0.6) is 5.75 Å². The molecule has 1 saturated carbocycles. The summed E-state index contributed by atoms with van der Waals surface area (Å²) < 4.78 is 18.7. The minimum absolute atomic E-state index is 0.151. The van der Waals surface area contributed by atoms with E-state index in [1.54, 1.807) is 6.07 Å². The van der Waals surface area contributed by atoms with Gasteiger partial charge in [0.2, 0.25) is 5.91 Å². The molecule has 3 rings (SSSR count). The fourth-order valence-corrected chi connectivity index (χ4v) is 4.23. The predicted molar refractivity (Wildman–Crippen MR) is 123 cm³/mol. The quantitative estimate of drug-likeness (QED) is 0.565. The minimum Gasteiger partial charge on any atom is -0.484 e. The number of rotatable bonds is 9. The van der Waals surface area contributed by atoms with Crippen LogP contribution in [0.25, 0.3) is 0 Å². The lowest BCUT2D eigenvalue weighted by Crippen LogP contribution is -2.52. The van der Waals surface area contributed by atoms with Gasteiger partial charge >= 0.3 is 0 Å². The summed E-state index contributed by atoms with van der Waals surface area (Å²) in [6, 6.07) is 12.3. The van der Waals surface area contributed by atoms with E-state index in [-0.39, 0.29) is 36.8 Å². The lowest BCUT2D eigenvalue weighted by Gasteiger charge is -2.33. The third-order valence-electron chi connectivity index (χ3n) is 5.81. The molecular weight excluding hydrogens is 431 g/mol. The number of hydrogen-bond acceptors (Lipinski definition) is 3. The van der Waals surface area contributed by atoms with Gasteiger partial charge in [-0.05, 0) is 55.2 Å². The molecule has 2 aromatic rings. The second-order valence-electron chi connectivity index (χ2n) is 8.12. The van der Waals surface area contributed by atoms with E-state index in [0.717, 1.165) is 31.2 Å². The highest BCUT2D eigenvalue weighted by molar-refractivity contribution is 6.31. The minimum atomic E-state index is -0.641. The van der Waals surface area contributed by atoms with E-state index in [4.69, 9.17) is 16.3 Å². The highest BCUT2D eigenvalue weighted by Gasteiger charge is 2.31. The van der Waals surface area contributed by atoms with Crippen LogP contribution in [0.1, 0.15) is 51.0 Å². The Labute approximate surface area is 193 Å². The fourth-order valence-electron chi connectivity index (χ4n) is 4.03. The molecule has 0 spiro atoms. The van der Waals surface area contributed by atoms with Gasteiger partial charge in [-0.2, -0.15) is 0 Å². The van der Waals surface area contributed by atoms with Crippen molar-refractivity contribution in [3.05, 3.63) is 64.9 Å². The van der Waals surface area contributed by atoms with Crippen molar-refractivity contribution in [1.82, 2.24) is 10.2 Å². The Hall–Kier alpha value is -2.60. The predicted octanol–water partition coefficient (Wildman–Crippen LogP) is 5.11. The average Bonchev–Trinajstić information content (AvgIpc) is 2.80. The van der Waals surface area contributed by atoms with Gasteiger partial charge < -0.3 is 15.0 Å². The zero-order chi connectivity index (χ0) is 22.9. The Morgan fingerprint density at radius 1 is 1.12 bits per heavy atom. The van der Waals surface area contributed by atoms with E-state index in [0.29, 0.717) is 17.2 Å². The summed E-state index contributed by atoms with van der Waals surface area (Å²) >= 11 is 6.34. The molecule has 32 heavy (non-hydrogen) atoms. The Morgan fingerprint density at radius 2 is 1.81 bits per heavy atom. The van der Waals surface area contributed by atoms with Crippen molar-refractivity contribution >= 4 is 23.4 Å². The first-order valence-electron chi connectivity index (χ1n) is 11.2. The topological polar surface area (TPSA) is 58.6 Å². The van der Waals surface area contributed by atoms with Crippen molar-refractivity contribution in [1.29, 1.82) is 0 Å². The molecular formula is C25H30ClFN2O3. The standard InChI is InChI=1S/C25H30ClFN2O3/c1-2-23(25(31)28-20-9-4-3-5-10-20)29(16-18-8-6-7-11-22(18)26)24(30)17-32-21-14-12-19(27)13-15-21/h6-8,11-15,20,23H,2-5,9-10,16-17H2,1H3,(H,28,31)/t23-/m0/s1. The van der Waals surface area contributed by atoms with Crippen LogP contribution in [-0.4, -0.2) is 35.4 Å². The molecule has 0 radical (unpaired) electrons. The van der Waals surface area contributed by atoms with Crippen LogP contribution in [0.15, 0.2) is 48.5 Å². The largest absolute Gasteiger partial charge is 0.484 e. The van der Waals surface area contributed by atoms with E-state index in [1.165, 1.54) is 35.6 Å². The van der Waals surface area contributed by atoms with Crippen molar-refractivity contribution in [2.75, 3.05) is 6.61 Å². The van der Waals surface area contributed by atoms with Crippen molar-refractivity contribution in [3.63, 3.8) is 0 Å². The lowest BCUT2D eigenvalue weighted by atomic mass is 9.95. The van der Waals surface area contributed by atoms with Crippen molar-refractivity contribution < 1.29 is 18.7 Å². The van der Waals surface area contributed by atoms with Crippen molar-refractivity contribution in [2.24, 2.45) is 0 Å². The second-order valence-corrected chi connectivity index (χ2v) is 8.53. The maximum atomic E-state index is 13.2. The molecule has 0 saturated heterocycles. The Balaban J connectivity index is 1.75. The van der Waals surface area contributed by atoms with Crippen LogP contribution in [0, 0.1) is 5.82 Å². The van der Waals surface area contributed by atoms with E-state index in [2.05, 4.69) is 5.32 Å². The van der Waals surface area contributed by atoms with Gasteiger partial charge in [0.15, 0.2) is 6.61 Å². The Morgan fingerprint density at radius 3 is 2.47 bits per heavy atom. The SMILES string of the molecule is CC[C@@H](C(=O)NC1CCCCC1)N(Cc1ccccc1Cl)C(=O)COc1ccc(F)cc1. The smallest absolute Gasteiger partial charge is 0.261 e. The fraction of sp³-hybridized carbons (Fsp3) is 0.440. The molecule has 1 aliphatic rings.